The number of aromatic nitrogens is 3. The van der Waals surface area contributed by atoms with Crippen molar-refractivity contribution < 1.29 is 70.5 Å². The van der Waals surface area contributed by atoms with Crippen molar-refractivity contribution in [3.8, 4) is 0 Å². The number of carbonyl (C=O) groups excluding carboxylic acids is 4. The molecular weight excluding hydrogens is 824 g/mol. The fourth-order valence-corrected chi connectivity index (χ4v) is 9.10. The number of aliphatic hydroxyl groups is 1. The predicted octanol–water partition coefficient (Wildman–Crippen LogP) is 8.23. The Morgan fingerprint density at radius 2 is 0.967 bits per heavy atom. The van der Waals surface area contributed by atoms with E-state index in [2.05, 4.69) is 10.3 Å². The molecule has 0 aliphatic rings. The molecule has 0 saturated heterocycles. The lowest BCUT2D eigenvalue weighted by atomic mass is 9.98. The van der Waals surface area contributed by atoms with Crippen LogP contribution < -0.4 is 0 Å². The molecule has 0 aromatic carbocycles. The first-order chi connectivity index (χ1) is 27.3. The molecule has 0 amide bonds. The molecule has 60 heavy (non-hydrogen) atoms. The number of carbonyl (C=O) groups is 4. The topological polar surface area (TPSA) is 227 Å². The Morgan fingerprint density at radius 1 is 0.617 bits per heavy atom. The van der Waals surface area contributed by atoms with Gasteiger partial charge in [-0.1, -0.05) is 28.5 Å². The van der Waals surface area contributed by atoms with Crippen LogP contribution in [0.15, 0.2) is 29.5 Å². The second-order valence-electron chi connectivity index (χ2n) is 18.7. The van der Waals surface area contributed by atoms with E-state index in [-0.39, 0.29) is 12.3 Å². The zero-order valence-electron chi connectivity index (χ0n) is 38.2. The molecule has 1 rings (SSSR count). The minimum Gasteiger partial charge on any atom is -0.438 e. The first-order valence-corrected chi connectivity index (χ1v) is 22.7. The number of ether oxygens (including phenoxy) is 4. The summed E-state index contributed by atoms with van der Waals surface area (Å²) in [6.07, 6.45) is 7.02. The van der Waals surface area contributed by atoms with Crippen molar-refractivity contribution in [2.45, 2.75) is 141 Å². The Morgan fingerprint density at radius 3 is 1.30 bits per heavy atom. The van der Waals surface area contributed by atoms with Gasteiger partial charge in [0.2, 0.25) is 27.2 Å². The van der Waals surface area contributed by atoms with E-state index in [1.165, 1.54) is 10.9 Å². The minimum atomic E-state index is -5.14. The van der Waals surface area contributed by atoms with Crippen molar-refractivity contribution in [1.82, 2.24) is 15.0 Å². The summed E-state index contributed by atoms with van der Waals surface area (Å²) in [5.41, 5.74) is -1.98. The van der Waals surface area contributed by atoms with Gasteiger partial charge >= 0.3 is 39.1 Å². The molecule has 1 heterocycles. The molecule has 0 aliphatic heterocycles. The van der Waals surface area contributed by atoms with Crippen molar-refractivity contribution in [3.05, 3.63) is 35.2 Å². The highest BCUT2D eigenvalue weighted by Gasteiger charge is 2.63. The molecule has 0 spiro atoms. The third-order valence-corrected chi connectivity index (χ3v) is 14.4. The minimum absolute atomic E-state index is 0.00245. The van der Waals surface area contributed by atoms with E-state index in [9.17, 15) is 24.3 Å². The Labute approximate surface area is 355 Å². The summed E-state index contributed by atoms with van der Waals surface area (Å²) in [7, 11) is -10.3. The highest BCUT2D eigenvalue weighted by Crippen LogP contribution is 2.78. The van der Waals surface area contributed by atoms with Crippen LogP contribution in [-0.2, 0) is 78.3 Å². The molecule has 344 valence electrons. The molecular formula is C40H69N3O15P2. The van der Waals surface area contributed by atoms with Gasteiger partial charge in [-0.25, -0.2) is 0 Å². The zero-order chi connectivity index (χ0) is 46.4. The molecule has 20 heteroatoms. The van der Waals surface area contributed by atoms with Crippen LogP contribution in [0.3, 0.4) is 0 Å². The summed E-state index contributed by atoms with van der Waals surface area (Å²) in [4.78, 5) is 48.5. The molecule has 1 N–H and O–H groups in total. The Bertz CT molecular complexity index is 1610. The average Bonchev–Trinajstić information content (AvgIpc) is 3.56. The number of allylic oxidation sites excluding steroid dienone is 3. The third kappa shape index (κ3) is 17.6. The summed E-state index contributed by atoms with van der Waals surface area (Å²) in [5, 5.41) is 17.6. The summed E-state index contributed by atoms with van der Waals surface area (Å²) < 4.78 is 76.3. The van der Waals surface area contributed by atoms with E-state index in [0.29, 0.717) is 13.0 Å². The van der Waals surface area contributed by atoms with Crippen LogP contribution in [0.2, 0.25) is 0 Å². The zero-order valence-corrected chi connectivity index (χ0v) is 40.0. The lowest BCUT2D eigenvalue weighted by Gasteiger charge is -2.39. The molecule has 0 aliphatic carbocycles. The standard InChI is InChI=1S/C40H69N3O15P2/c1-29(18-16-19-30(2)24-44)20-17-21-43-23-31(41-42-43)22-40(15,59(49,55-25-51-32(45)36(3,4)5)56-26-52-33(46)37(6,7)8)60(50,57-27-53-34(47)38(9,10)11)58-28-54-35(48)39(12,13)14/h19-20,23,44H,16-18,21-22,24-28H2,1-15H3/b29-20+,30-19-. The van der Waals surface area contributed by atoms with Crippen LogP contribution in [0.5, 0.6) is 0 Å². The second-order valence-corrected chi connectivity index (χ2v) is 24.0. The molecule has 0 bridgehead atoms. The van der Waals surface area contributed by atoms with Crippen LogP contribution in [0.4, 0.5) is 0 Å². The van der Waals surface area contributed by atoms with E-state index in [1.807, 2.05) is 26.0 Å². The van der Waals surface area contributed by atoms with Crippen LogP contribution in [0.1, 0.15) is 129 Å². The fourth-order valence-electron chi connectivity index (χ4n) is 4.47. The Balaban J connectivity index is 3.87. The summed E-state index contributed by atoms with van der Waals surface area (Å²) >= 11 is 0. The van der Waals surface area contributed by atoms with Crippen molar-refractivity contribution in [2.24, 2.45) is 21.7 Å². The SMILES string of the molecule is C/C(=C/CC/C(C)=C/CCn1cc(CC(C)(P(=O)(OCOC(=O)C(C)(C)C)OCOC(=O)C(C)(C)C)P(=O)(OCOC(=O)C(C)(C)C)OCOC(=O)C(C)(C)C)nn1)CO. The first kappa shape index (κ1) is 54.8. The van der Waals surface area contributed by atoms with Crippen molar-refractivity contribution >= 4 is 39.1 Å². The van der Waals surface area contributed by atoms with Crippen molar-refractivity contribution in [3.63, 3.8) is 0 Å². The maximum absolute atomic E-state index is 15.4. The van der Waals surface area contributed by atoms with E-state index in [0.717, 1.165) is 30.9 Å². The maximum Gasteiger partial charge on any atom is 0.354 e. The molecule has 0 atom stereocenters. The lowest BCUT2D eigenvalue weighted by molar-refractivity contribution is -0.163. The van der Waals surface area contributed by atoms with Gasteiger partial charge in [-0.2, -0.15) is 0 Å². The molecule has 0 unspecified atom stereocenters. The quantitative estimate of drug-likeness (QED) is 0.0359. The summed E-state index contributed by atoms with van der Waals surface area (Å²) in [5.74, 6) is -3.01. The number of aliphatic hydroxyl groups excluding tert-OH is 1. The van der Waals surface area contributed by atoms with Gasteiger partial charge in [0, 0.05) is 19.2 Å². The van der Waals surface area contributed by atoms with Crippen LogP contribution >= 0.6 is 15.2 Å². The van der Waals surface area contributed by atoms with E-state index >= 15 is 9.13 Å². The van der Waals surface area contributed by atoms with Gasteiger partial charge in [0.15, 0.2) is 4.90 Å². The summed E-state index contributed by atoms with van der Waals surface area (Å²) in [6.45, 7) is 20.3. The van der Waals surface area contributed by atoms with Crippen LogP contribution in [0, 0.1) is 21.7 Å². The molecule has 18 nitrogen and oxygen atoms in total. The predicted molar refractivity (Wildman–Crippen MR) is 222 cm³/mol. The average molecular weight is 894 g/mol. The van der Waals surface area contributed by atoms with Crippen LogP contribution in [0.25, 0.3) is 0 Å². The number of hydrogen-bond donors (Lipinski definition) is 1. The highest BCUT2D eigenvalue weighted by atomic mass is 31.2. The Kier molecular flexibility index (Phi) is 20.8. The monoisotopic (exact) mass is 893 g/mol. The molecule has 1 aromatic heterocycles. The van der Waals surface area contributed by atoms with Gasteiger partial charge in [0.05, 0.1) is 34.0 Å². The van der Waals surface area contributed by atoms with Gasteiger partial charge < -0.3 is 24.1 Å². The number of rotatable bonds is 23. The van der Waals surface area contributed by atoms with Crippen LogP contribution in [-0.4, -0.2) is 82.7 Å². The van der Waals surface area contributed by atoms with E-state index in [1.54, 1.807) is 83.1 Å². The number of hydrogen-bond acceptors (Lipinski definition) is 17. The number of aryl methyl sites for hydroxylation is 1. The third-order valence-electron chi connectivity index (χ3n) is 8.51. The van der Waals surface area contributed by atoms with Crippen molar-refractivity contribution in [2.75, 3.05) is 33.8 Å². The maximum atomic E-state index is 15.4. The van der Waals surface area contributed by atoms with Gasteiger partial charge in [-0.05, 0) is 123 Å². The first-order valence-electron chi connectivity index (χ1n) is 19.6. The molecule has 0 saturated carbocycles. The fraction of sp³-hybridized carbons (Fsp3) is 0.750. The van der Waals surface area contributed by atoms with Gasteiger partial charge in [0.25, 0.3) is 0 Å². The normalized spacial score (nSPS) is 13.9. The summed E-state index contributed by atoms with van der Waals surface area (Å²) in [6, 6.07) is 0. The second kappa shape index (κ2) is 22.7. The van der Waals surface area contributed by atoms with E-state index < -0.39 is 99.2 Å². The van der Waals surface area contributed by atoms with Crippen molar-refractivity contribution in [1.29, 1.82) is 0 Å². The number of esters is 4. The van der Waals surface area contributed by atoms with Gasteiger partial charge in [-0.15, -0.1) is 5.10 Å². The largest absolute Gasteiger partial charge is 0.438 e. The van der Waals surface area contributed by atoms with Gasteiger partial charge in [0.1, 0.15) is 0 Å². The van der Waals surface area contributed by atoms with Gasteiger partial charge in [-0.3, -0.25) is 51.1 Å². The molecule has 1 aromatic rings. The molecule has 0 radical (unpaired) electrons. The van der Waals surface area contributed by atoms with E-state index in [4.69, 9.17) is 37.0 Å². The highest BCUT2D eigenvalue weighted by molar-refractivity contribution is 7.74. The lowest BCUT2D eigenvalue weighted by Crippen LogP contribution is -2.35. The number of nitrogens with zero attached hydrogens (tertiary/aromatic N) is 3. The Hall–Kier alpha value is -3.24. The smallest absolute Gasteiger partial charge is 0.354 e. The molecule has 0 fully saturated rings.